The smallest absolute Gasteiger partial charge is 0.160 e. The van der Waals surface area contributed by atoms with Crippen LogP contribution in [0.2, 0.25) is 0 Å². The van der Waals surface area contributed by atoms with Gasteiger partial charge in [0.15, 0.2) is 5.82 Å². The van der Waals surface area contributed by atoms with Gasteiger partial charge in [-0.3, -0.25) is 0 Å². The van der Waals surface area contributed by atoms with E-state index in [4.69, 9.17) is 9.97 Å². The highest BCUT2D eigenvalue weighted by Crippen LogP contribution is 2.43. The maximum atomic E-state index is 10.3. The van der Waals surface area contributed by atoms with Gasteiger partial charge in [-0.15, -0.1) is 0 Å². The predicted octanol–water partition coefficient (Wildman–Crippen LogP) is 14.6. The van der Waals surface area contributed by atoms with Gasteiger partial charge in [-0.1, -0.05) is 127 Å². The van der Waals surface area contributed by atoms with Crippen molar-refractivity contribution in [2.45, 2.75) is 0 Å². The largest absolute Gasteiger partial charge is 0.309 e. The van der Waals surface area contributed by atoms with E-state index in [-0.39, 0.29) is 0 Å². The standard InChI is InChI=1S/C61H35N7/c62-36-39-23-27-46(45(31-39)38-64)51-32-40(37-63)24-28-59(51)68-57-22-12-9-19-49(57)52-33-43(25-29-60(52)68)50-34-44(26-30-58(50)67-55-20-10-7-17-47(55)48-18-8-11-21-56(48)67)61-65-53(41-13-3-1-4-14-41)35-54(66-61)42-15-5-2-6-16-42/h1-35H. The van der Waals surface area contributed by atoms with Gasteiger partial charge < -0.3 is 9.13 Å². The molecule has 3 heterocycles. The summed E-state index contributed by atoms with van der Waals surface area (Å²) in [4.78, 5) is 10.5. The number of benzene rings is 9. The molecule has 0 fully saturated rings. The Balaban J connectivity index is 1.12. The molecule has 9 aromatic carbocycles. The van der Waals surface area contributed by atoms with Crippen molar-refractivity contribution in [3.8, 4) is 85.7 Å². The summed E-state index contributed by atoms with van der Waals surface area (Å²) < 4.78 is 4.57. The first kappa shape index (κ1) is 39.7. The van der Waals surface area contributed by atoms with Crippen LogP contribution in [0.4, 0.5) is 0 Å². The summed E-state index contributed by atoms with van der Waals surface area (Å²) in [5, 5.41) is 34.5. The second kappa shape index (κ2) is 16.3. The van der Waals surface area contributed by atoms with Crippen molar-refractivity contribution in [1.82, 2.24) is 19.1 Å². The molecule has 0 saturated carbocycles. The SMILES string of the molecule is N#Cc1ccc(-c2cc(C#N)ccc2-n2c3ccccc3c3cc(-c4cc(-c5nc(-c6ccccc6)cc(-c6ccccc6)n5)ccc4-n4c5ccccc5c5ccccc54)ccc32)c(C#N)c1. The molecule has 0 aliphatic carbocycles. The second-order valence-corrected chi connectivity index (χ2v) is 16.7. The minimum atomic E-state index is 0.357. The van der Waals surface area contributed by atoms with Crippen LogP contribution in [0, 0.1) is 34.0 Å². The Morgan fingerprint density at radius 2 is 0.809 bits per heavy atom. The van der Waals surface area contributed by atoms with Crippen molar-refractivity contribution in [2.75, 3.05) is 0 Å². The van der Waals surface area contributed by atoms with E-state index in [1.165, 1.54) is 10.8 Å². The minimum absolute atomic E-state index is 0.357. The van der Waals surface area contributed by atoms with Crippen molar-refractivity contribution < 1.29 is 0 Å². The van der Waals surface area contributed by atoms with E-state index in [1.54, 1.807) is 18.2 Å². The van der Waals surface area contributed by atoms with Gasteiger partial charge >= 0.3 is 0 Å². The number of nitrogens with zero attached hydrogens (tertiary/aromatic N) is 7. The third-order valence-electron chi connectivity index (χ3n) is 12.9. The molecule has 7 nitrogen and oxygen atoms in total. The van der Waals surface area contributed by atoms with Gasteiger partial charge in [0.1, 0.15) is 0 Å². The van der Waals surface area contributed by atoms with Crippen molar-refractivity contribution in [3.05, 3.63) is 229 Å². The van der Waals surface area contributed by atoms with Crippen molar-refractivity contribution in [3.63, 3.8) is 0 Å². The molecule has 12 aromatic rings. The molecule has 0 spiro atoms. The van der Waals surface area contributed by atoms with E-state index in [1.807, 2.05) is 60.7 Å². The fraction of sp³-hybridized carbons (Fsp3) is 0. The summed E-state index contributed by atoms with van der Waals surface area (Å²) in [5.41, 5.74) is 15.1. The minimum Gasteiger partial charge on any atom is -0.309 e. The fourth-order valence-corrected chi connectivity index (χ4v) is 9.73. The monoisotopic (exact) mass is 865 g/mol. The number of hydrogen-bond donors (Lipinski definition) is 0. The van der Waals surface area contributed by atoms with Crippen molar-refractivity contribution in [2.24, 2.45) is 0 Å². The molecule has 12 rings (SSSR count). The Kier molecular flexibility index (Phi) is 9.51. The van der Waals surface area contributed by atoms with Crippen LogP contribution in [0.15, 0.2) is 212 Å². The number of para-hydroxylation sites is 3. The van der Waals surface area contributed by atoms with Crippen LogP contribution >= 0.6 is 0 Å². The molecule has 3 aromatic heterocycles. The van der Waals surface area contributed by atoms with Gasteiger partial charge in [-0.2, -0.15) is 15.8 Å². The molecule has 0 radical (unpaired) electrons. The summed E-state index contributed by atoms with van der Waals surface area (Å²) in [6, 6.07) is 78.6. The molecule has 0 aliphatic rings. The zero-order chi connectivity index (χ0) is 45.7. The van der Waals surface area contributed by atoms with Gasteiger partial charge in [-0.25, -0.2) is 9.97 Å². The molecule has 7 heteroatoms. The second-order valence-electron chi connectivity index (χ2n) is 16.7. The first-order chi connectivity index (χ1) is 33.6. The average molecular weight is 866 g/mol. The molecule has 0 saturated heterocycles. The van der Waals surface area contributed by atoms with Gasteiger partial charge in [0.25, 0.3) is 0 Å². The van der Waals surface area contributed by atoms with E-state index >= 15 is 0 Å². The lowest BCUT2D eigenvalue weighted by Gasteiger charge is -2.17. The molecule has 0 atom stereocenters. The van der Waals surface area contributed by atoms with Gasteiger partial charge in [0.2, 0.25) is 0 Å². The van der Waals surface area contributed by atoms with E-state index in [0.29, 0.717) is 33.6 Å². The molecule has 314 valence electrons. The quantitative estimate of drug-likeness (QED) is 0.159. The number of fused-ring (bicyclic) bond motifs is 6. The zero-order valence-electron chi connectivity index (χ0n) is 36.3. The third-order valence-corrected chi connectivity index (χ3v) is 12.9. The van der Waals surface area contributed by atoms with Crippen LogP contribution in [-0.2, 0) is 0 Å². The highest BCUT2D eigenvalue weighted by atomic mass is 15.0. The van der Waals surface area contributed by atoms with Crippen LogP contribution in [0.25, 0.3) is 111 Å². The highest BCUT2D eigenvalue weighted by Gasteiger charge is 2.22. The zero-order valence-corrected chi connectivity index (χ0v) is 36.3. The van der Waals surface area contributed by atoms with E-state index < -0.39 is 0 Å². The highest BCUT2D eigenvalue weighted by molar-refractivity contribution is 6.12. The third kappa shape index (κ3) is 6.57. The van der Waals surface area contributed by atoms with Crippen LogP contribution in [0.3, 0.4) is 0 Å². The lowest BCUT2D eigenvalue weighted by atomic mass is 9.95. The Hall–Kier alpha value is -9.87. The first-order valence-electron chi connectivity index (χ1n) is 22.2. The summed E-state index contributed by atoms with van der Waals surface area (Å²) >= 11 is 0. The summed E-state index contributed by atoms with van der Waals surface area (Å²) in [5.74, 6) is 0.616. The van der Waals surface area contributed by atoms with E-state index in [0.717, 1.165) is 83.4 Å². The van der Waals surface area contributed by atoms with Crippen LogP contribution in [0.1, 0.15) is 16.7 Å². The lowest BCUT2D eigenvalue weighted by Crippen LogP contribution is -2.00. The lowest BCUT2D eigenvalue weighted by molar-refractivity contribution is 1.16. The molecule has 68 heavy (non-hydrogen) atoms. The molecule has 0 bridgehead atoms. The molecule has 0 unspecified atom stereocenters. The van der Waals surface area contributed by atoms with E-state index in [2.05, 4.69) is 161 Å². The maximum Gasteiger partial charge on any atom is 0.160 e. The summed E-state index contributed by atoms with van der Waals surface area (Å²) in [6.07, 6.45) is 0. The topological polar surface area (TPSA) is 107 Å². The normalized spacial score (nSPS) is 11.2. The fourth-order valence-electron chi connectivity index (χ4n) is 9.73. The number of hydrogen-bond acceptors (Lipinski definition) is 5. The Bertz CT molecular complexity index is 4010. The summed E-state index contributed by atoms with van der Waals surface area (Å²) in [6.45, 7) is 0. The van der Waals surface area contributed by atoms with Crippen LogP contribution < -0.4 is 0 Å². The Labute approximate surface area is 391 Å². The van der Waals surface area contributed by atoms with E-state index in [9.17, 15) is 15.8 Å². The molecule has 0 aliphatic heterocycles. The van der Waals surface area contributed by atoms with Gasteiger partial charge in [0, 0.05) is 54.9 Å². The van der Waals surface area contributed by atoms with Crippen LogP contribution in [0.5, 0.6) is 0 Å². The molecule has 0 N–H and O–H groups in total. The average Bonchev–Trinajstić information content (AvgIpc) is 3.93. The Morgan fingerprint density at radius 1 is 0.324 bits per heavy atom. The maximum absolute atomic E-state index is 10.3. The molecule has 0 amide bonds. The molecular formula is C61H35N7. The van der Waals surface area contributed by atoms with Crippen molar-refractivity contribution in [1.29, 1.82) is 15.8 Å². The first-order valence-corrected chi connectivity index (χ1v) is 22.2. The van der Waals surface area contributed by atoms with Gasteiger partial charge in [0.05, 0.1) is 79.7 Å². The Morgan fingerprint density at radius 3 is 1.40 bits per heavy atom. The molecular weight excluding hydrogens is 831 g/mol. The number of nitriles is 3. The van der Waals surface area contributed by atoms with Gasteiger partial charge in [-0.05, 0) is 90.5 Å². The predicted molar refractivity (Wildman–Crippen MR) is 272 cm³/mol. The van der Waals surface area contributed by atoms with Crippen molar-refractivity contribution >= 4 is 43.6 Å². The number of rotatable bonds is 7. The van der Waals surface area contributed by atoms with Crippen LogP contribution in [-0.4, -0.2) is 19.1 Å². The number of aromatic nitrogens is 4. The summed E-state index contributed by atoms with van der Waals surface area (Å²) in [7, 11) is 0.